The van der Waals surface area contributed by atoms with Gasteiger partial charge in [-0.3, -0.25) is 4.79 Å². The highest BCUT2D eigenvalue weighted by molar-refractivity contribution is 5.81. The van der Waals surface area contributed by atoms with Crippen molar-refractivity contribution in [1.82, 2.24) is 14.9 Å². The van der Waals surface area contributed by atoms with Crippen LogP contribution in [0.4, 0.5) is 11.6 Å². The van der Waals surface area contributed by atoms with E-state index >= 15 is 0 Å². The number of likely N-dealkylation sites (N-methyl/N-ethyl adjacent to an activating group) is 1. The van der Waals surface area contributed by atoms with Crippen LogP contribution in [0.2, 0.25) is 0 Å². The molecule has 0 aromatic carbocycles. The molecule has 1 aromatic heterocycles. The molecular weight excluding hydrogens is 268 g/mol. The minimum atomic E-state index is 0.151. The summed E-state index contributed by atoms with van der Waals surface area (Å²) in [6, 6.07) is 0. The lowest BCUT2D eigenvalue weighted by atomic mass is 10.1. The number of likely N-dealkylation sites (tertiary alicyclic amines) is 1. The standard InChI is InChI=1S/C14H24N6O/c1-3-6-11-13(18-15)16-10-17-14(11)19(2)9-12(21)20-7-4-5-8-20/h10H,3-9,15H2,1-2H3,(H,16,17,18). The van der Waals surface area contributed by atoms with E-state index in [1.165, 1.54) is 6.33 Å². The van der Waals surface area contributed by atoms with Gasteiger partial charge in [0.1, 0.15) is 18.0 Å². The first-order valence-corrected chi connectivity index (χ1v) is 7.46. The summed E-state index contributed by atoms with van der Waals surface area (Å²) in [4.78, 5) is 24.5. The Hall–Kier alpha value is -1.89. The minimum Gasteiger partial charge on any atom is -0.350 e. The average Bonchev–Trinajstić information content (AvgIpc) is 3.02. The number of anilines is 2. The monoisotopic (exact) mass is 292 g/mol. The van der Waals surface area contributed by atoms with Gasteiger partial charge in [-0.1, -0.05) is 13.3 Å². The third-order valence-corrected chi connectivity index (χ3v) is 3.75. The molecule has 1 amide bonds. The number of rotatable bonds is 6. The van der Waals surface area contributed by atoms with Crippen molar-refractivity contribution in [1.29, 1.82) is 0 Å². The molecule has 21 heavy (non-hydrogen) atoms. The molecule has 0 atom stereocenters. The molecule has 1 aromatic rings. The molecule has 0 saturated carbocycles. The van der Waals surface area contributed by atoms with Gasteiger partial charge in [0.15, 0.2) is 0 Å². The third kappa shape index (κ3) is 3.60. The van der Waals surface area contributed by atoms with Crippen LogP contribution in [0.5, 0.6) is 0 Å². The van der Waals surface area contributed by atoms with E-state index in [9.17, 15) is 4.79 Å². The Morgan fingerprint density at radius 3 is 2.76 bits per heavy atom. The largest absolute Gasteiger partial charge is 0.350 e. The molecule has 1 aliphatic rings. The highest BCUT2D eigenvalue weighted by Crippen LogP contribution is 2.23. The molecule has 0 spiro atoms. The van der Waals surface area contributed by atoms with Gasteiger partial charge in [0, 0.05) is 25.7 Å². The topological polar surface area (TPSA) is 87.4 Å². The predicted molar refractivity (Wildman–Crippen MR) is 82.9 cm³/mol. The maximum atomic E-state index is 12.3. The summed E-state index contributed by atoms with van der Waals surface area (Å²) in [6.45, 7) is 4.16. The van der Waals surface area contributed by atoms with Crippen LogP contribution >= 0.6 is 0 Å². The second kappa shape index (κ2) is 7.21. The van der Waals surface area contributed by atoms with E-state index in [4.69, 9.17) is 5.84 Å². The minimum absolute atomic E-state index is 0.151. The number of amides is 1. The van der Waals surface area contributed by atoms with Gasteiger partial charge in [0.25, 0.3) is 0 Å². The number of nitrogen functional groups attached to an aromatic ring is 1. The molecule has 116 valence electrons. The van der Waals surface area contributed by atoms with Crippen LogP contribution in [0.15, 0.2) is 6.33 Å². The van der Waals surface area contributed by atoms with Crippen LogP contribution < -0.4 is 16.2 Å². The normalized spacial score (nSPS) is 14.3. The summed E-state index contributed by atoms with van der Waals surface area (Å²) in [5, 5.41) is 0. The van der Waals surface area contributed by atoms with Crippen LogP contribution in [0.3, 0.4) is 0 Å². The Kier molecular flexibility index (Phi) is 5.32. The average molecular weight is 292 g/mol. The Morgan fingerprint density at radius 2 is 2.14 bits per heavy atom. The Balaban J connectivity index is 2.13. The fourth-order valence-corrected chi connectivity index (χ4v) is 2.68. The summed E-state index contributed by atoms with van der Waals surface area (Å²) in [5.41, 5.74) is 3.57. The predicted octanol–water partition coefficient (Wildman–Crippen LogP) is 0.773. The molecule has 1 saturated heterocycles. The molecule has 7 heteroatoms. The third-order valence-electron chi connectivity index (χ3n) is 3.75. The van der Waals surface area contributed by atoms with Crippen molar-refractivity contribution in [2.75, 3.05) is 37.0 Å². The van der Waals surface area contributed by atoms with E-state index in [1.54, 1.807) is 0 Å². The van der Waals surface area contributed by atoms with Gasteiger partial charge in [-0.2, -0.15) is 0 Å². The summed E-state index contributed by atoms with van der Waals surface area (Å²) < 4.78 is 0. The van der Waals surface area contributed by atoms with Gasteiger partial charge >= 0.3 is 0 Å². The number of carbonyl (C=O) groups excluding carboxylic acids is 1. The summed E-state index contributed by atoms with van der Waals surface area (Å²) in [5.74, 6) is 7.07. The van der Waals surface area contributed by atoms with Gasteiger partial charge in [0.2, 0.25) is 5.91 Å². The van der Waals surface area contributed by atoms with E-state index in [0.29, 0.717) is 12.4 Å². The summed E-state index contributed by atoms with van der Waals surface area (Å²) >= 11 is 0. The van der Waals surface area contributed by atoms with Crippen LogP contribution in [0, 0.1) is 0 Å². The maximum absolute atomic E-state index is 12.3. The van der Waals surface area contributed by atoms with Crippen molar-refractivity contribution < 1.29 is 4.79 Å². The van der Waals surface area contributed by atoms with E-state index in [-0.39, 0.29) is 5.91 Å². The van der Waals surface area contributed by atoms with Crippen molar-refractivity contribution in [2.45, 2.75) is 32.6 Å². The Labute approximate surface area is 125 Å². The molecule has 2 heterocycles. The first-order valence-electron chi connectivity index (χ1n) is 7.46. The van der Waals surface area contributed by atoms with Gasteiger partial charge in [0.05, 0.1) is 6.54 Å². The molecular formula is C14H24N6O. The van der Waals surface area contributed by atoms with Gasteiger partial charge < -0.3 is 15.2 Å². The van der Waals surface area contributed by atoms with Crippen molar-refractivity contribution in [3.05, 3.63) is 11.9 Å². The molecule has 0 aliphatic carbocycles. The van der Waals surface area contributed by atoms with E-state index < -0.39 is 0 Å². The molecule has 1 fully saturated rings. The van der Waals surface area contributed by atoms with Gasteiger partial charge in [-0.25, -0.2) is 15.8 Å². The first kappa shape index (κ1) is 15.5. The zero-order valence-corrected chi connectivity index (χ0v) is 12.8. The number of nitrogens with one attached hydrogen (secondary N) is 1. The second-order valence-electron chi connectivity index (χ2n) is 5.36. The first-order chi connectivity index (χ1) is 10.2. The highest BCUT2D eigenvalue weighted by atomic mass is 16.2. The SMILES string of the molecule is CCCc1c(NN)ncnc1N(C)CC(=O)N1CCCC1. The number of carbonyl (C=O) groups is 1. The molecule has 7 nitrogen and oxygen atoms in total. The zero-order valence-electron chi connectivity index (χ0n) is 12.8. The van der Waals surface area contributed by atoms with Gasteiger partial charge in [-0.15, -0.1) is 0 Å². The second-order valence-corrected chi connectivity index (χ2v) is 5.36. The number of aromatic nitrogens is 2. The number of nitrogens with zero attached hydrogens (tertiary/aromatic N) is 4. The van der Waals surface area contributed by atoms with Crippen LogP contribution in [0.25, 0.3) is 0 Å². The number of hydrazine groups is 1. The quantitative estimate of drug-likeness (QED) is 0.595. The fraction of sp³-hybridized carbons (Fsp3) is 0.643. The van der Waals surface area contributed by atoms with Crippen LogP contribution in [0.1, 0.15) is 31.7 Å². The van der Waals surface area contributed by atoms with Crippen molar-refractivity contribution in [3.63, 3.8) is 0 Å². The van der Waals surface area contributed by atoms with E-state index in [1.807, 2.05) is 16.8 Å². The smallest absolute Gasteiger partial charge is 0.242 e. The van der Waals surface area contributed by atoms with E-state index in [0.717, 1.165) is 50.2 Å². The number of hydrogen-bond acceptors (Lipinski definition) is 6. The Morgan fingerprint density at radius 1 is 1.43 bits per heavy atom. The van der Waals surface area contributed by atoms with Crippen LogP contribution in [-0.2, 0) is 11.2 Å². The van der Waals surface area contributed by atoms with Crippen molar-refractivity contribution in [2.24, 2.45) is 5.84 Å². The highest BCUT2D eigenvalue weighted by Gasteiger charge is 2.21. The maximum Gasteiger partial charge on any atom is 0.242 e. The fourth-order valence-electron chi connectivity index (χ4n) is 2.68. The zero-order chi connectivity index (χ0) is 15.2. The lowest BCUT2D eigenvalue weighted by Gasteiger charge is -2.24. The lowest BCUT2D eigenvalue weighted by Crippen LogP contribution is -2.38. The van der Waals surface area contributed by atoms with E-state index in [2.05, 4.69) is 22.3 Å². The molecule has 0 radical (unpaired) electrons. The summed E-state index contributed by atoms with van der Waals surface area (Å²) in [7, 11) is 1.88. The molecule has 1 aliphatic heterocycles. The number of hydrogen-bond donors (Lipinski definition) is 2. The van der Waals surface area contributed by atoms with Crippen LogP contribution in [-0.4, -0.2) is 47.5 Å². The molecule has 0 unspecified atom stereocenters. The molecule has 0 bridgehead atoms. The lowest BCUT2D eigenvalue weighted by molar-refractivity contribution is -0.128. The summed E-state index contributed by atoms with van der Waals surface area (Å²) in [6.07, 6.45) is 5.46. The molecule has 2 rings (SSSR count). The Bertz CT molecular complexity index is 486. The van der Waals surface area contributed by atoms with Gasteiger partial charge in [-0.05, 0) is 19.3 Å². The van der Waals surface area contributed by atoms with Crippen molar-refractivity contribution in [3.8, 4) is 0 Å². The number of nitrogens with two attached hydrogens (primary N) is 1. The van der Waals surface area contributed by atoms with Crippen molar-refractivity contribution >= 4 is 17.5 Å². The molecule has 3 N–H and O–H groups in total.